The van der Waals surface area contributed by atoms with Crippen LogP contribution in [0.25, 0.3) is 120 Å². The highest BCUT2D eigenvalue weighted by atomic mass is 32.1. The summed E-state index contributed by atoms with van der Waals surface area (Å²) in [7, 11) is 0. The van der Waals surface area contributed by atoms with E-state index in [0.717, 1.165) is 77.0 Å². The fourth-order valence-corrected chi connectivity index (χ4v) is 9.79. The summed E-state index contributed by atoms with van der Waals surface area (Å²) < 4.78 is 9.30. The second kappa shape index (κ2) is 13.1. The number of furan rings is 1. The first-order valence-electron chi connectivity index (χ1n) is 19.4. The summed E-state index contributed by atoms with van der Waals surface area (Å²) in [6, 6.07) is 66.1. The second-order valence-electron chi connectivity index (χ2n) is 14.7. The molecule has 5 heteroatoms. The summed E-state index contributed by atoms with van der Waals surface area (Å²) in [4.78, 5) is 15.7. The van der Waals surface area contributed by atoms with Crippen molar-refractivity contribution in [2.24, 2.45) is 0 Å². The van der Waals surface area contributed by atoms with Gasteiger partial charge in [0.1, 0.15) is 11.2 Å². The molecule has 3 aromatic heterocycles. The van der Waals surface area contributed by atoms with Crippen LogP contribution >= 0.6 is 11.3 Å². The summed E-state index contributed by atoms with van der Waals surface area (Å²) in [5.41, 5.74) is 9.06. The first kappa shape index (κ1) is 32.7. The quantitative estimate of drug-likeness (QED) is 0.175. The summed E-state index contributed by atoms with van der Waals surface area (Å²) in [6.45, 7) is 0. The number of aromatic nitrogens is 3. The Kier molecular flexibility index (Phi) is 7.37. The Balaban J connectivity index is 1.11. The molecular formula is C53H31N3OS. The molecule has 0 radical (unpaired) electrons. The van der Waals surface area contributed by atoms with Crippen molar-refractivity contribution in [2.75, 3.05) is 0 Å². The van der Waals surface area contributed by atoms with E-state index < -0.39 is 0 Å². The highest BCUT2D eigenvalue weighted by molar-refractivity contribution is 7.25. The van der Waals surface area contributed by atoms with Crippen molar-refractivity contribution in [3.63, 3.8) is 0 Å². The van der Waals surface area contributed by atoms with Crippen LogP contribution in [0.2, 0.25) is 0 Å². The molecule has 0 atom stereocenters. The predicted molar refractivity (Wildman–Crippen MR) is 242 cm³/mol. The fourth-order valence-electron chi connectivity index (χ4n) is 8.66. The van der Waals surface area contributed by atoms with Gasteiger partial charge < -0.3 is 4.42 Å². The molecule has 9 aromatic carbocycles. The molecule has 12 rings (SSSR count). The van der Waals surface area contributed by atoms with Crippen LogP contribution < -0.4 is 0 Å². The van der Waals surface area contributed by atoms with Crippen LogP contribution in [0.1, 0.15) is 0 Å². The molecule has 0 N–H and O–H groups in total. The van der Waals surface area contributed by atoms with Gasteiger partial charge in [-0.25, -0.2) is 15.0 Å². The van der Waals surface area contributed by atoms with E-state index >= 15 is 0 Å². The largest absolute Gasteiger partial charge is 0.455 e. The van der Waals surface area contributed by atoms with Gasteiger partial charge in [0.25, 0.3) is 0 Å². The predicted octanol–water partition coefficient (Wildman–Crippen LogP) is 14.8. The first-order chi connectivity index (χ1) is 28.7. The Morgan fingerprint density at radius 2 is 0.914 bits per heavy atom. The van der Waals surface area contributed by atoms with Crippen LogP contribution in [0.5, 0.6) is 0 Å². The minimum Gasteiger partial charge on any atom is -0.455 e. The number of hydrogen-bond donors (Lipinski definition) is 0. The lowest BCUT2D eigenvalue weighted by Gasteiger charge is -2.15. The third-order valence-electron chi connectivity index (χ3n) is 11.3. The van der Waals surface area contributed by atoms with Crippen molar-refractivity contribution in [2.45, 2.75) is 0 Å². The van der Waals surface area contributed by atoms with E-state index in [9.17, 15) is 0 Å². The highest BCUT2D eigenvalue weighted by Crippen LogP contribution is 2.46. The SMILES string of the molecule is c1ccc(-c2nc(-c3ccc(-c4ccc(-c5ccccc5)c5oc6cc7ccccc7cc6c45)c4ccccc34)nc(-c3cccc4sc5ccccc5c34)n2)cc1. The summed E-state index contributed by atoms with van der Waals surface area (Å²) in [5.74, 6) is 1.93. The van der Waals surface area contributed by atoms with Crippen LogP contribution in [-0.4, -0.2) is 15.0 Å². The Morgan fingerprint density at radius 3 is 1.71 bits per heavy atom. The molecular weight excluding hydrogens is 727 g/mol. The van der Waals surface area contributed by atoms with Crippen LogP contribution in [0, 0.1) is 0 Å². The lowest BCUT2D eigenvalue weighted by Crippen LogP contribution is -2.01. The van der Waals surface area contributed by atoms with Crippen molar-refractivity contribution >= 4 is 75.0 Å². The van der Waals surface area contributed by atoms with E-state index in [-0.39, 0.29) is 0 Å². The van der Waals surface area contributed by atoms with Gasteiger partial charge in [0.05, 0.1) is 0 Å². The molecule has 0 saturated carbocycles. The van der Waals surface area contributed by atoms with Gasteiger partial charge in [0.2, 0.25) is 0 Å². The van der Waals surface area contributed by atoms with E-state index in [1.807, 2.05) is 18.2 Å². The molecule has 0 aliphatic carbocycles. The van der Waals surface area contributed by atoms with Crippen LogP contribution in [0.4, 0.5) is 0 Å². The molecule has 0 unspecified atom stereocenters. The van der Waals surface area contributed by atoms with Crippen molar-refractivity contribution in [1.82, 2.24) is 15.0 Å². The molecule has 58 heavy (non-hydrogen) atoms. The summed E-state index contributed by atoms with van der Waals surface area (Å²) >= 11 is 1.80. The lowest BCUT2D eigenvalue weighted by atomic mass is 9.90. The molecule has 0 bridgehead atoms. The molecule has 3 heterocycles. The monoisotopic (exact) mass is 757 g/mol. The average Bonchev–Trinajstić information content (AvgIpc) is 3.86. The Morgan fingerprint density at radius 1 is 0.345 bits per heavy atom. The Labute approximate surface area is 337 Å². The molecule has 12 aromatic rings. The maximum absolute atomic E-state index is 6.85. The summed E-state index contributed by atoms with van der Waals surface area (Å²) in [6.07, 6.45) is 0. The lowest BCUT2D eigenvalue weighted by molar-refractivity contribution is 0.670. The van der Waals surface area contributed by atoms with Gasteiger partial charge in [0, 0.05) is 53.2 Å². The second-order valence-corrected chi connectivity index (χ2v) is 15.8. The zero-order chi connectivity index (χ0) is 38.2. The van der Waals surface area contributed by atoms with Crippen molar-refractivity contribution < 1.29 is 4.42 Å². The van der Waals surface area contributed by atoms with E-state index in [2.05, 4.69) is 170 Å². The van der Waals surface area contributed by atoms with Crippen LogP contribution in [0.3, 0.4) is 0 Å². The number of thiophene rings is 1. The van der Waals surface area contributed by atoms with Crippen molar-refractivity contribution in [1.29, 1.82) is 0 Å². The number of hydrogen-bond acceptors (Lipinski definition) is 5. The minimum absolute atomic E-state index is 0.632. The highest BCUT2D eigenvalue weighted by Gasteiger charge is 2.22. The van der Waals surface area contributed by atoms with Gasteiger partial charge in [-0.05, 0) is 74.6 Å². The molecule has 0 aliphatic rings. The van der Waals surface area contributed by atoms with E-state index in [1.54, 1.807) is 11.3 Å². The number of fused-ring (bicyclic) bond motifs is 8. The first-order valence-corrected chi connectivity index (χ1v) is 20.2. The van der Waals surface area contributed by atoms with Crippen molar-refractivity contribution in [3.8, 4) is 56.4 Å². The zero-order valence-electron chi connectivity index (χ0n) is 31.1. The molecule has 0 aliphatic heterocycles. The van der Waals surface area contributed by atoms with E-state index in [4.69, 9.17) is 19.4 Å². The van der Waals surface area contributed by atoms with Crippen molar-refractivity contribution in [3.05, 3.63) is 188 Å². The van der Waals surface area contributed by atoms with Gasteiger partial charge in [-0.2, -0.15) is 0 Å². The van der Waals surface area contributed by atoms with Gasteiger partial charge >= 0.3 is 0 Å². The van der Waals surface area contributed by atoms with E-state index in [1.165, 1.54) is 25.6 Å². The average molecular weight is 758 g/mol. The zero-order valence-corrected chi connectivity index (χ0v) is 31.9. The Hall–Kier alpha value is -7.47. The van der Waals surface area contributed by atoms with Gasteiger partial charge in [-0.1, -0.05) is 152 Å². The number of nitrogens with zero attached hydrogens (tertiary/aromatic N) is 3. The van der Waals surface area contributed by atoms with Crippen LogP contribution in [-0.2, 0) is 0 Å². The molecule has 0 amide bonds. The number of benzene rings is 9. The van der Waals surface area contributed by atoms with E-state index in [0.29, 0.717) is 17.5 Å². The molecule has 0 fully saturated rings. The fraction of sp³-hybridized carbons (Fsp3) is 0. The molecule has 0 spiro atoms. The normalized spacial score (nSPS) is 11.8. The molecule has 270 valence electrons. The maximum atomic E-state index is 6.85. The maximum Gasteiger partial charge on any atom is 0.164 e. The Bertz CT molecular complexity index is 3570. The third kappa shape index (κ3) is 5.18. The summed E-state index contributed by atoms with van der Waals surface area (Å²) in [5, 5.41) is 9.08. The third-order valence-corrected chi connectivity index (χ3v) is 12.5. The van der Waals surface area contributed by atoms with Gasteiger partial charge in [-0.15, -0.1) is 11.3 Å². The van der Waals surface area contributed by atoms with Gasteiger partial charge in [0.15, 0.2) is 17.5 Å². The van der Waals surface area contributed by atoms with Gasteiger partial charge in [-0.3, -0.25) is 0 Å². The number of rotatable bonds is 5. The minimum atomic E-state index is 0.632. The van der Waals surface area contributed by atoms with Crippen LogP contribution in [0.15, 0.2) is 192 Å². The topological polar surface area (TPSA) is 51.8 Å². The standard InChI is InChI=1S/C53H31N3OS/c1-3-14-32(15-4-1)36-26-28-40(49-44-30-34-18-7-8-19-35(34)31-45(44)57-50(36)49)39-27-29-41(38-21-10-9-20-37(38)39)52-54-51(33-16-5-2-6-17-33)55-53(56-52)43-23-13-25-47-48(43)42-22-11-12-24-46(42)58-47/h1-31H. The molecule has 4 nitrogen and oxygen atoms in total. The molecule has 0 saturated heterocycles. The smallest absolute Gasteiger partial charge is 0.164 e.